The molecule has 1 atom stereocenters. The van der Waals surface area contributed by atoms with Gasteiger partial charge in [-0.3, -0.25) is 9.59 Å². The van der Waals surface area contributed by atoms with E-state index in [1.807, 2.05) is 49.4 Å². The predicted molar refractivity (Wildman–Crippen MR) is 105 cm³/mol. The number of hydrogen-bond acceptors (Lipinski definition) is 4. The van der Waals surface area contributed by atoms with Gasteiger partial charge in [-0.05, 0) is 30.2 Å². The van der Waals surface area contributed by atoms with Crippen LogP contribution >= 0.6 is 0 Å². The minimum Gasteiger partial charge on any atom is -0.352 e. The van der Waals surface area contributed by atoms with Gasteiger partial charge in [0.25, 0.3) is 5.91 Å². The molecule has 28 heavy (non-hydrogen) atoms. The van der Waals surface area contributed by atoms with E-state index in [0.717, 1.165) is 11.1 Å². The quantitative estimate of drug-likeness (QED) is 0.630. The van der Waals surface area contributed by atoms with Gasteiger partial charge in [0.05, 0.1) is 6.54 Å². The fourth-order valence-corrected chi connectivity index (χ4v) is 2.84. The van der Waals surface area contributed by atoms with E-state index >= 15 is 0 Å². The molecule has 0 bridgehead atoms. The summed E-state index contributed by atoms with van der Waals surface area (Å²) < 4.78 is 1.74. The van der Waals surface area contributed by atoms with E-state index in [2.05, 4.69) is 20.7 Å². The largest absolute Gasteiger partial charge is 0.352 e. The van der Waals surface area contributed by atoms with Gasteiger partial charge < -0.3 is 10.6 Å². The first kappa shape index (κ1) is 19.3. The normalized spacial score (nSPS) is 11.6. The molecule has 0 spiro atoms. The lowest BCUT2D eigenvalue weighted by Crippen LogP contribution is -2.37. The second-order valence-electron chi connectivity index (χ2n) is 6.63. The second kappa shape index (κ2) is 9.45. The van der Waals surface area contributed by atoms with Gasteiger partial charge in [0.15, 0.2) is 0 Å². The molecule has 0 fully saturated rings. The number of carbonyl (C=O) groups is 2. The molecule has 3 rings (SSSR count). The first-order valence-corrected chi connectivity index (χ1v) is 9.13. The second-order valence-corrected chi connectivity index (χ2v) is 6.63. The standard InChI is InChI=1S/C21H23N5O2/c1-16(25-21(28)19-8-3-2-4-9-19)10-20(27)23-12-17-6-5-7-18(11-17)13-26-15-22-14-24-26/h2-9,11,14-16H,10,12-13H2,1H3,(H,23,27)(H,25,28). The van der Waals surface area contributed by atoms with Crippen LogP contribution in [0.25, 0.3) is 0 Å². The van der Waals surface area contributed by atoms with Gasteiger partial charge >= 0.3 is 0 Å². The van der Waals surface area contributed by atoms with Crippen molar-refractivity contribution in [3.8, 4) is 0 Å². The van der Waals surface area contributed by atoms with Crippen LogP contribution in [0.3, 0.4) is 0 Å². The lowest BCUT2D eigenvalue weighted by atomic mass is 10.1. The maximum atomic E-state index is 12.2. The van der Waals surface area contributed by atoms with Crippen LogP contribution in [0.1, 0.15) is 34.8 Å². The zero-order valence-corrected chi connectivity index (χ0v) is 15.7. The Bertz CT molecular complexity index is 910. The van der Waals surface area contributed by atoms with Crippen molar-refractivity contribution >= 4 is 11.8 Å². The zero-order valence-electron chi connectivity index (χ0n) is 15.7. The number of hydrogen-bond donors (Lipinski definition) is 2. The molecule has 0 saturated heterocycles. The highest BCUT2D eigenvalue weighted by molar-refractivity contribution is 5.94. The van der Waals surface area contributed by atoms with E-state index in [1.165, 1.54) is 6.33 Å². The summed E-state index contributed by atoms with van der Waals surface area (Å²) in [6.07, 6.45) is 3.39. The summed E-state index contributed by atoms with van der Waals surface area (Å²) in [5, 5.41) is 9.84. The molecule has 144 valence electrons. The van der Waals surface area contributed by atoms with Crippen molar-refractivity contribution in [1.82, 2.24) is 25.4 Å². The molecule has 0 saturated carbocycles. The van der Waals surface area contributed by atoms with Crippen molar-refractivity contribution in [2.45, 2.75) is 32.5 Å². The number of aromatic nitrogens is 3. The average molecular weight is 377 g/mol. The summed E-state index contributed by atoms with van der Waals surface area (Å²) in [4.78, 5) is 28.3. The molecule has 2 amide bonds. The molecule has 2 aromatic carbocycles. The lowest BCUT2D eigenvalue weighted by Gasteiger charge is -2.14. The van der Waals surface area contributed by atoms with Crippen LogP contribution in [0.4, 0.5) is 0 Å². The van der Waals surface area contributed by atoms with Crippen LogP contribution in [0.15, 0.2) is 67.3 Å². The maximum Gasteiger partial charge on any atom is 0.251 e. The summed E-state index contributed by atoms with van der Waals surface area (Å²) in [6.45, 7) is 2.88. The number of nitrogens with zero attached hydrogens (tertiary/aromatic N) is 3. The topological polar surface area (TPSA) is 88.9 Å². The third kappa shape index (κ3) is 5.77. The highest BCUT2D eigenvalue weighted by Gasteiger charge is 2.13. The molecule has 0 radical (unpaired) electrons. The Balaban J connectivity index is 1.45. The Morgan fingerprint density at radius 1 is 1.07 bits per heavy atom. The average Bonchev–Trinajstić information content (AvgIpc) is 3.20. The fraction of sp³-hybridized carbons (Fsp3) is 0.238. The Kier molecular flexibility index (Phi) is 6.51. The Hall–Kier alpha value is -3.48. The third-order valence-electron chi connectivity index (χ3n) is 4.20. The molecule has 2 N–H and O–H groups in total. The van der Waals surface area contributed by atoms with Crippen molar-refractivity contribution in [2.75, 3.05) is 0 Å². The van der Waals surface area contributed by atoms with Gasteiger partial charge in [0, 0.05) is 24.6 Å². The molecule has 7 nitrogen and oxygen atoms in total. The molecule has 1 aromatic heterocycles. The molecule has 0 aliphatic heterocycles. The summed E-state index contributed by atoms with van der Waals surface area (Å²) in [5.74, 6) is -0.288. The van der Waals surface area contributed by atoms with Gasteiger partial charge in [-0.1, -0.05) is 42.5 Å². The van der Waals surface area contributed by atoms with Gasteiger partial charge in [0.2, 0.25) is 5.91 Å². The first-order valence-electron chi connectivity index (χ1n) is 9.13. The van der Waals surface area contributed by atoms with Crippen molar-refractivity contribution in [3.05, 3.63) is 83.9 Å². The van der Waals surface area contributed by atoms with E-state index in [1.54, 1.807) is 23.1 Å². The highest BCUT2D eigenvalue weighted by atomic mass is 16.2. The third-order valence-corrected chi connectivity index (χ3v) is 4.20. The van der Waals surface area contributed by atoms with Crippen LogP contribution < -0.4 is 10.6 Å². The highest BCUT2D eigenvalue weighted by Crippen LogP contribution is 2.07. The maximum absolute atomic E-state index is 12.2. The minimum atomic E-state index is -0.258. The number of nitrogens with one attached hydrogen (secondary N) is 2. The van der Waals surface area contributed by atoms with Crippen LogP contribution in [0.5, 0.6) is 0 Å². The molecule has 0 aliphatic carbocycles. The van der Waals surface area contributed by atoms with E-state index in [4.69, 9.17) is 0 Å². The SMILES string of the molecule is CC(CC(=O)NCc1cccc(Cn2cncn2)c1)NC(=O)c1ccccc1. The summed E-state index contributed by atoms with van der Waals surface area (Å²) in [6, 6.07) is 16.7. The number of benzene rings is 2. The van der Waals surface area contributed by atoms with Crippen LogP contribution in [0, 0.1) is 0 Å². The number of carbonyl (C=O) groups excluding carboxylic acids is 2. The summed E-state index contributed by atoms with van der Waals surface area (Å²) in [7, 11) is 0. The van der Waals surface area contributed by atoms with Gasteiger partial charge in [-0.15, -0.1) is 0 Å². The Morgan fingerprint density at radius 3 is 2.61 bits per heavy atom. The number of rotatable bonds is 8. The van der Waals surface area contributed by atoms with E-state index in [-0.39, 0.29) is 24.3 Å². The smallest absolute Gasteiger partial charge is 0.251 e. The van der Waals surface area contributed by atoms with E-state index in [0.29, 0.717) is 18.7 Å². The molecular weight excluding hydrogens is 354 g/mol. The first-order chi connectivity index (χ1) is 13.6. The van der Waals surface area contributed by atoms with E-state index in [9.17, 15) is 9.59 Å². The Labute approximate surface area is 163 Å². The Morgan fingerprint density at radius 2 is 1.86 bits per heavy atom. The van der Waals surface area contributed by atoms with Crippen molar-refractivity contribution < 1.29 is 9.59 Å². The molecule has 3 aromatic rings. The lowest BCUT2D eigenvalue weighted by molar-refractivity contribution is -0.121. The zero-order chi connectivity index (χ0) is 19.8. The monoisotopic (exact) mass is 377 g/mol. The van der Waals surface area contributed by atoms with E-state index < -0.39 is 0 Å². The van der Waals surface area contributed by atoms with Crippen molar-refractivity contribution in [1.29, 1.82) is 0 Å². The van der Waals surface area contributed by atoms with Crippen LogP contribution in [0.2, 0.25) is 0 Å². The molecule has 1 heterocycles. The summed E-state index contributed by atoms with van der Waals surface area (Å²) >= 11 is 0. The van der Waals surface area contributed by atoms with Crippen LogP contribution in [-0.4, -0.2) is 32.6 Å². The summed E-state index contributed by atoms with van der Waals surface area (Å²) in [5.41, 5.74) is 2.67. The number of amides is 2. The molecular formula is C21H23N5O2. The van der Waals surface area contributed by atoms with Gasteiger partial charge in [-0.25, -0.2) is 9.67 Å². The predicted octanol–water partition coefficient (Wildman–Crippen LogP) is 2.15. The van der Waals surface area contributed by atoms with Gasteiger partial charge in [-0.2, -0.15) is 5.10 Å². The fourth-order valence-electron chi connectivity index (χ4n) is 2.84. The minimum absolute atomic E-state index is 0.109. The van der Waals surface area contributed by atoms with Crippen molar-refractivity contribution in [3.63, 3.8) is 0 Å². The molecule has 0 aliphatic rings. The van der Waals surface area contributed by atoms with Gasteiger partial charge in [0.1, 0.15) is 12.7 Å². The van der Waals surface area contributed by atoms with Crippen molar-refractivity contribution in [2.24, 2.45) is 0 Å². The van der Waals surface area contributed by atoms with Crippen LogP contribution in [-0.2, 0) is 17.9 Å². The molecule has 1 unspecified atom stereocenters. The molecule has 7 heteroatoms.